The van der Waals surface area contributed by atoms with Crippen molar-refractivity contribution in [2.45, 2.75) is 26.1 Å². The van der Waals surface area contributed by atoms with Gasteiger partial charge in [0.2, 0.25) is 0 Å². The Morgan fingerprint density at radius 2 is 2.40 bits per heavy atom. The van der Waals surface area contributed by atoms with Gasteiger partial charge in [-0.15, -0.1) is 0 Å². The highest BCUT2D eigenvalue weighted by Gasteiger charge is 2.16. The molecule has 0 bridgehead atoms. The Labute approximate surface area is 61.3 Å². The molecule has 0 aromatic heterocycles. The van der Waals surface area contributed by atoms with Crippen molar-refractivity contribution in [2.24, 2.45) is 0 Å². The van der Waals surface area contributed by atoms with Crippen LogP contribution in [0, 0.1) is 0 Å². The monoisotopic (exact) mass is 146 g/mol. The summed E-state index contributed by atoms with van der Waals surface area (Å²) in [5, 5.41) is 0. The molecule has 0 spiro atoms. The van der Waals surface area contributed by atoms with Crippen molar-refractivity contribution in [3.63, 3.8) is 0 Å². The van der Waals surface area contributed by atoms with E-state index in [2.05, 4.69) is 0 Å². The van der Waals surface area contributed by atoms with E-state index >= 15 is 0 Å². The maximum absolute atomic E-state index is 5.32. The predicted molar refractivity (Wildman–Crippen MR) is 36.8 cm³/mol. The van der Waals surface area contributed by atoms with Gasteiger partial charge in [-0.1, -0.05) is 0 Å². The molecule has 0 aromatic carbocycles. The second-order valence-electron chi connectivity index (χ2n) is 2.66. The van der Waals surface area contributed by atoms with Gasteiger partial charge in [-0.25, -0.2) is 0 Å². The second-order valence-corrected chi connectivity index (χ2v) is 2.66. The SMILES string of the molecule is CC(C)OCC1COCO1. The first-order valence-corrected chi connectivity index (χ1v) is 3.60. The molecule has 1 rings (SSSR count). The largest absolute Gasteiger partial charge is 0.376 e. The molecule has 1 heterocycles. The van der Waals surface area contributed by atoms with E-state index in [1.54, 1.807) is 0 Å². The van der Waals surface area contributed by atoms with Gasteiger partial charge in [-0.2, -0.15) is 0 Å². The lowest BCUT2D eigenvalue weighted by atomic mass is 10.4. The average Bonchev–Trinajstić information content (AvgIpc) is 2.34. The summed E-state index contributed by atoms with van der Waals surface area (Å²) in [5.74, 6) is 0. The van der Waals surface area contributed by atoms with Crippen LogP contribution >= 0.6 is 0 Å². The van der Waals surface area contributed by atoms with Gasteiger partial charge in [0.1, 0.15) is 12.9 Å². The summed E-state index contributed by atoms with van der Waals surface area (Å²) < 4.78 is 15.5. The number of hydrogen-bond donors (Lipinski definition) is 0. The van der Waals surface area contributed by atoms with Crippen molar-refractivity contribution < 1.29 is 14.2 Å². The fourth-order valence-corrected chi connectivity index (χ4v) is 0.768. The zero-order valence-corrected chi connectivity index (χ0v) is 6.50. The van der Waals surface area contributed by atoms with E-state index in [1.165, 1.54) is 0 Å². The lowest BCUT2D eigenvalue weighted by molar-refractivity contribution is -0.0130. The Balaban J connectivity index is 2.01. The van der Waals surface area contributed by atoms with Crippen LogP contribution in [0.4, 0.5) is 0 Å². The molecular weight excluding hydrogens is 132 g/mol. The molecule has 0 radical (unpaired) electrons. The highest BCUT2D eigenvalue weighted by molar-refractivity contribution is 4.58. The van der Waals surface area contributed by atoms with E-state index in [0.29, 0.717) is 20.0 Å². The molecule has 0 aliphatic carbocycles. The van der Waals surface area contributed by atoms with Crippen LogP contribution in [0.2, 0.25) is 0 Å². The van der Waals surface area contributed by atoms with Crippen molar-refractivity contribution in [2.75, 3.05) is 20.0 Å². The van der Waals surface area contributed by atoms with Crippen molar-refractivity contribution in [1.29, 1.82) is 0 Å². The molecule has 60 valence electrons. The summed E-state index contributed by atoms with van der Waals surface area (Å²) in [4.78, 5) is 0. The van der Waals surface area contributed by atoms with Gasteiger partial charge in [0.15, 0.2) is 0 Å². The third-order valence-corrected chi connectivity index (χ3v) is 1.31. The third-order valence-electron chi connectivity index (χ3n) is 1.31. The van der Waals surface area contributed by atoms with E-state index in [1.807, 2.05) is 13.8 Å². The van der Waals surface area contributed by atoms with Crippen LogP contribution in [0.1, 0.15) is 13.8 Å². The molecule has 0 saturated carbocycles. The van der Waals surface area contributed by atoms with Gasteiger partial charge in [0.25, 0.3) is 0 Å². The minimum atomic E-state index is 0.155. The Hall–Kier alpha value is -0.120. The molecule has 3 nitrogen and oxygen atoms in total. The van der Waals surface area contributed by atoms with Crippen LogP contribution in [0.5, 0.6) is 0 Å². The molecular formula is C7H14O3. The number of rotatable bonds is 3. The first kappa shape index (κ1) is 7.98. The Bertz CT molecular complexity index is 86.9. The number of hydrogen-bond acceptors (Lipinski definition) is 3. The molecule has 1 aliphatic rings. The quantitative estimate of drug-likeness (QED) is 0.589. The molecule has 1 unspecified atom stereocenters. The summed E-state index contributed by atoms with van der Waals surface area (Å²) in [5.41, 5.74) is 0. The van der Waals surface area contributed by atoms with Crippen molar-refractivity contribution >= 4 is 0 Å². The van der Waals surface area contributed by atoms with E-state index in [4.69, 9.17) is 14.2 Å². The van der Waals surface area contributed by atoms with Crippen molar-refractivity contribution in [3.05, 3.63) is 0 Å². The Morgan fingerprint density at radius 1 is 1.60 bits per heavy atom. The van der Waals surface area contributed by atoms with Gasteiger partial charge in [-0.3, -0.25) is 0 Å². The van der Waals surface area contributed by atoms with Crippen LogP contribution in [0.25, 0.3) is 0 Å². The Kier molecular flexibility index (Phi) is 3.12. The highest BCUT2D eigenvalue weighted by atomic mass is 16.7. The fraction of sp³-hybridized carbons (Fsp3) is 1.00. The first-order chi connectivity index (χ1) is 4.79. The van der Waals surface area contributed by atoms with Gasteiger partial charge in [0.05, 0.1) is 19.3 Å². The van der Waals surface area contributed by atoms with Crippen LogP contribution in [-0.2, 0) is 14.2 Å². The molecule has 1 aliphatic heterocycles. The normalized spacial score (nSPS) is 26.1. The zero-order valence-electron chi connectivity index (χ0n) is 6.50. The lowest BCUT2D eigenvalue weighted by Gasteiger charge is -2.10. The lowest BCUT2D eigenvalue weighted by Crippen LogP contribution is -2.20. The molecule has 1 atom stereocenters. The average molecular weight is 146 g/mol. The van der Waals surface area contributed by atoms with Gasteiger partial charge in [0, 0.05) is 0 Å². The maximum atomic E-state index is 5.32. The van der Waals surface area contributed by atoms with E-state index < -0.39 is 0 Å². The van der Waals surface area contributed by atoms with Crippen molar-refractivity contribution in [3.8, 4) is 0 Å². The molecule has 0 N–H and O–H groups in total. The molecule has 10 heavy (non-hydrogen) atoms. The summed E-state index contributed by atoms with van der Waals surface area (Å²) in [7, 11) is 0. The minimum absolute atomic E-state index is 0.155. The van der Waals surface area contributed by atoms with Crippen LogP contribution in [-0.4, -0.2) is 32.2 Å². The smallest absolute Gasteiger partial charge is 0.147 e. The van der Waals surface area contributed by atoms with Crippen molar-refractivity contribution in [1.82, 2.24) is 0 Å². The van der Waals surface area contributed by atoms with Crippen LogP contribution in [0.15, 0.2) is 0 Å². The van der Waals surface area contributed by atoms with E-state index in [9.17, 15) is 0 Å². The molecule has 1 saturated heterocycles. The standard InChI is InChI=1S/C7H14O3/c1-6(2)9-4-7-3-8-5-10-7/h6-7H,3-5H2,1-2H3. The van der Waals surface area contributed by atoms with Gasteiger partial charge in [-0.05, 0) is 13.8 Å². The fourth-order valence-electron chi connectivity index (χ4n) is 0.768. The molecule has 0 amide bonds. The third kappa shape index (κ3) is 2.64. The molecule has 3 heteroatoms. The van der Waals surface area contributed by atoms with Crippen LogP contribution < -0.4 is 0 Å². The second kappa shape index (κ2) is 3.91. The summed E-state index contributed by atoms with van der Waals surface area (Å²) in [6.45, 7) is 5.77. The van der Waals surface area contributed by atoms with Crippen LogP contribution in [0.3, 0.4) is 0 Å². The summed E-state index contributed by atoms with van der Waals surface area (Å²) >= 11 is 0. The Morgan fingerprint density at radius 3 is 2.90 bits per heavy atom. The zero-order chi connectivity index (χ0) is 7.40. The van der Waals surface area contributed by atoms with Gasteiger partial charge < -0.3 is 14.2 Å². The summed E-state index contributed by atoms with van der Waals surface area (Å²) in [6.07, 6.45) is 0.437. The summed E-state index contributed by atoms with van der Waals surface area (Å²) in [6, 6.07) is 0. The topological polar surface area (TPSA) is 27.7 Å². The predicted octanol–water partition coefficient (Wildman–Crippen LogP) is 0.784. The van der Waals surface area contributed by atoms with E-state index in [0.717, 1.165) is 0 Å². The minimum Gasteiger partial charge on any atom is -0.376 e. The maximum Gasteiger partial charge on any atom is 0.147 e. The van der Waals surface area contributed by atoms with E-state index in [-0.39, 0.29) is 12.2 Å². The van der Waals surface area contributed by atoms with Gasteiger partial charge >= 0.3 is 0 Å². The molecule has 0 aromatic rings. The number of ether oxygens (including phenoxy) is 3. The highest BCUT2D eigenvalue weighted by Crippen LogP contribution is 2.03. The first-order valence-electron chi connectivity index (χ1n) is 3.60. The molecule has 1 fully saturated rings.